The minimum Gasteiger partial charge on any atom is -0.354 e. The molecule has 1 amide bonds. The number of amidine groups is 1. The van der Waals surface area contributed by atoms with Gasteiger partial charge in [0.2, 0.25) is 0 Å². The van der Waals surface area contributed by atoms with Crippen LogP contribution in [-0.2, 0) is 0 Å². The first-order chi connectivity index (χ1) is 17.6. The molecule has 3 aromatic rings. The minimum atomic E-state index is -0.357. The Morgan fingerprint density at radius 2 is 1.89 bits per heavy atom. The zero-order valence-electron chi connectivity index (χ0n) is 20.7. The van der Waals surface area contributed by atoms with Crippen molar-refractivity contribution in [2.45, 2.75) is 45.1 Å². The van der Waals surface area contributed by atoms with E-state index < -0.39 is 0 Å². The van der Waals surface area contributed by atoms with Crippen molar-refractivity contribution in [3.8, 4) is 0 Å². The third-order valence-corrected chi connectivity index (χ3v) is 6.97. The predicted molar refractivity (Wildman–Crippen MR) is 139 cm³/mol. The Balaban J connectivity index is 1.30. The number of fused-ring (bicyclic) bond motifs is 1. The van der Waals surface area contributed by atoms with Gasteiger partial charge in [-0.05, 0) is 37.5 Å². The van der Waals surface area contributed by atoms with Gasteiger partial charge in [-0.15, -0.1) is 0 Å². The van der Waals surface area contributed by atoms with E-state index in [1.807, 2.05) is 19.1 Å². The smallest absolute Gasteiger partial charge is 0.262 e. The summed E-state index contributed by atoms with van der Waals surface area (Å²) in [7, 11) is 0. The SMILES string of the molecule is Cc1ccc(N/C(=C\C(=N)N2CCN(C3CCCCC3)CC2)NC(=O)c2cnn3cccnc23)nc1. The van der Waals surface area contributed by atoms with E-state index in [9.17, 15) is 4.79 Å². The van der Waals surface area contributed by atoms with Gasteiger partial charge in [-0.3, -0.25) is 15.1 Å². The van der Waals surface area contributed by atoms with Crippen LogP contribution in [-0.4, -0.2) is 73.3 Å². The molecule has 0 radical (unpaired) electrons. The summed E-state index contributed by atoms with van der Waals surface area (Å²) in [6, 6.07) is 6.24. The summed E-state index contributed by atoms with van der Waals surface area (Å²) in [6.07, 6.45) is 14.9. The predicted octanol–water partition coefficient (Wildman–Crippen LogP) is 3.04. The molecule has 0 atom stereocenters. The standard InChI is InChI=1S/C26H33N9O/c1-19-8-9-23(29-17-19)31-24(32-26(36)21-18-30-35-11-5-10-28-25(21)35)16-22(27)34-14-12-33(13-15-34)20-6-3-2-4-7-20/h5,8-11,16-18,20,27H,2-4,6-7,12-15H2,1H3,(H,29,31)(H,32,36)/b24-16+,27-22?. The Hall–Kier alpha value is -3.79. The molecule has 0 spiro atoms. The van der Waals surface area contributed by atoms with Crippen LogP contribution in [0.5, 0.6) is 0 Å². The van der Waals surface area contributed by atoms with E-state index in [4.69, 9.17) is 5.41 Å². The summed E-state index contributed by atoms with van der Waals surface area (Å²) < 4.78 is 1.56. The lowest BCUT2D eigenvalue weighted by atomic mass is 9.94. The van der Waals surface area contributed by atoms with Gasteiger partial charge in [0.05, 0.1) is 6.20 Å². The van der Waals surface area contributed by atoms with E-state index >= 15 is 0 Å². The Morgan fingerprint density at radius 1 is 1.08 bits per heavy atom. The van der Waals surface area contributed by atoms with Crippen molar-refractivity contribution in [3.05, 3.63) is 66.0 Å². The largest absolute Gasteiger partial charge is 0.354 e. The lowest BCUT2D eigenvalue weighted by Gasteiger charge is -2.41. The van der Waals surface area contributed by atoms with Crippen molar-refractivity contribution in [1.82, 2.24) is 34.7 Å². The molecule has 2 fully saturated rings. The maximum absolute atomic E-state index is 13.2. The molecule has 0 aromatic carbocycles. The van der Waals surface area contributed by atoms with Gasteiger partial charge in [-0.2, -0.15) is 5.10 Å². The average Bonchev–Trinajstić information content (AvgIpc) is 3.35. The fraction of sp³-hybridized carbons (Fsp3) is 0.423. The zero-order valence-corrected chi connectivity index (χ0v) is 20.7. The van der Waals surface area contributed by atoms with Crippen LogP contribution in [0.3, 0.4) is 0 Å². The minimum absolute atomic E-state index is 0.353. The highest BCUT2D eigenvalue weighted by Crippen LogP contribution is 2.23. The van der Waals surface area contributed by atoms with Gasteiger partial charge in [-0.25, -0.2) is 14.5 Å². The molecule has 4 heterocycles. The Labute approximate surface area is 210 Å². The third-order valence-electron chi connectivity index (χ3n) is 6.97. The van der Waals surface area contributed by atoms with Gasteiger partial charge in [0.25, 0.3) is 5.91 Å². The Morgan fingerprint density at radius 3 is 2.64 bits per heavy atom. The summed E-state index contributed by atoms with van der Waals surface area (Å²) >= 11 is 0. The van der Waals surface area contributed by atoms with Crippen molar-refractivity contribution in [3.63, 3.8) is 0 Å². The van der Waals surface area contributed by atoms with Crippen LogP contribution in [0.15, 0.2) is 54.9 Å². The summed E-state index contributed by atoms with van der Waals surface area (Å²) in [6.45, 7) is 5.49. The van der Waals surface area contributed by atoms with Crippen molar-refractivity contribution in [2.24, 2.45) is 0 Å². The van der Waals surface area contributed by atoms with E-state index in [2.05, 4.69) is 35.5 Å². The Bertz CT molecular complexity index is 1240. The number of piperazine rings is 1. The Kier molecular flexibility index (Phi) is 7.22. The molecule has 5 rings (SSSR count). The van der Waals surface area contributed by atoms with E-state index in [-0.39, 0.29) is 5.91 Å². The number of pyridine rings is 1. The molecule has 1 aliphatic carbocycles. The number of amides is 1. The summed E-state index contributed by atoms with van der Waals surface area (Å²) in [5.74, 6) is 0.960. The van der Waals surface area contributed by atoms with E-state index in [1.165, 1.54) is 38.3 Å². The second-order valence-corrected chi connectivity index (χ2v) is 9.50. The van der Waals surface area contributed by atoms with Gasteiger partial charge in [-0.1, -0.05) is 25.3 Å². The monoisotopic (exact) mass is 487 g/mol. The van der Waals surface area contributed by atoms with E-state index in [1.54, 1.807) is 35.2 Å². The maximum atomic E-state index is 13.2. The van der Waals surface area contributed by atoms with Crippen LogP contribution in [0.4, 0.5) is 5.82 Å². The molecule has 1 saturated heterocycles. The number of carbonyl (C=O) groups excluding carboxylic acids is 1. The van der Waals surface area contributed by atoms with Crippen LogP contribution >= 0.6 is 0 Å². The molecule has 10 nitrogen and oxygen atoms in total. The molecule has 3 N–H and O–H groups in total. The first kappa shape index (κ1) is 23.9. The molecule has 1 saturated carbocycles. The molecular formula is C26H33N9O. The van der Waals surface area contributed by atoms with Gasteiger partial charge in [0.15, 0.2) is 5.65 Å². The summed E-state index contributed by atoms with van der Waals surface area (Å²) in [4.78, 5) is 26.5. The number of rotatable bonds is 6. The van der Waals surface area contributed by atoms with Crippen LogP contribution in [0.1, 0.15) is 48.0 Å². The molecule has 36 heavy (non-hydrogen) atoms. The highest BCUT2D eigenvalue weighted by atomic mass is 16.1. The van der Waals surface area contributed by atoms with Crippen molar-refractivity contribution in [2.75, 3.05) is 31.5 Å². The quantitative estimate of drug-likeness (QED) is 0.362. The van der Waals surface area contributed by atoms with Gasteiger partial charge < -0.3 is 15.5 Å². The van der Waals surface area contributed by atoms with Crippen molar-refractivity contribution in [1.29, 1.82) is 5.41 Å². The lowest BCUT2D eigenvalue weighted by Crippen LogP contribution is -2.52. The topological polar surface area (TPSA) is 115 Å². The fourth-order valence-corrected chi connectivity index (χ4v) is 4.96. The number of aromatic nitrogens is 4. The summed E-state index contributed by atoms with van der Waals surface area (Å²) in [5.41, 5.74) is 1.86. The highest BCUT2D eigenvalue weighted by molar-refractivity contribution is 6.01. The first-order valence-corrected chi connectivity index (χ1v) is 12.7. The molecule has 2 aliphatic rings. The maximum Gasteiger partial charge on any atom is 0.262 e. The number of carbonyl (C=O) groups is 1. The van der Waals surface area contributed by atoms with Crippen LogP contribution in [0.25, 0.3) is 5.65 Å². The molecule has 0 unspecified atom stereocenters. The molecule has 1 aliphatic heterocycles. The lowest BCUT2D eigenvalue weighted by molar-refractivity contribution is 0.0967. The first-order valence-electron chi connectivity index (χ1n) is 12.7. The van der Waals surface area contributed by atoms with Gasteiger partial charge >= 0.3 is 0 Å². The van der Waals surface area contributed by atoms with E-state index in [0.29, 0.717) is 34.7 Å². The zero-order chi connectivity index (χ0) is 24.9. The molecule has 188 valence electrons. The van der Waals surface area contributed by atoms with Crippen LogP contribution < -0.4 is 10.6 Å². The highest BCUT2D eigenvalue weighted by Gasteiger charge is 2.26. The second-order valence-electron chi connectivity index (χ2n) is 9.50. The van der Waals surface area contributed by atoms with Gasteiger partial charge in [0, 0.05) is 56.9 Å². The average molecular weight is 488 g/mol. The number of anilines is 1. The van der Waals surface area contributed by atoms with Crippen LogP contribution in [0, 0.1) is 12.3 Å². The number of aryl methyl sites for hydroxylation is 1. The van der Waals surface area contributed by atoms with E-state index in [0.717, 1.165) is 31.7 Å². The molecule has 10 heteroatoms. The number of nitrogens with zero attached hydrogens (tertiary/aromatic N) is 6. The molecule has 0 bridgehead atoms. The van der Waals surface area contributed by atoms with Crippen LogP contribution in [0.2, 0.25) is 0 Å². The molecular weight excluding hydrogens is 454 g/mol. The number of nitrogens with one attached hydrogen (secondary N) is 3. The number of hydrogen-bond donors (Lipinski definition) is 3. The fourth-order valence-electron chi connectivity index (χ4n) is 4.96. The normalized spacial score (nSPS) is 17.8. The number of hydrogen-bond acceptors (Lipinski definition) is 7. The molecule has 3 aromatic heterocycles. The second kappa shape index (κ2) is 10.9. The van der Waals surface area contributed by atoms with Crippen molar-refractivity contribution >= 4 is 23.2 Å². The van der Waals surface area contributed by atoms with Crippen molar-refractivity contribution < 1.29 is 4.79 Å². The van der Waals surface area contributed by atoms with Gasteiger partial charge in [0.1, 0.15) is 23.0 Å². The third kappa shape index (κ3) is 5.54. The summed E-state index contributed by atoms with van der Waals surface area (Å²) in [5, 5.41) is 19.0.